The summed E-state index contributed by atoms with van der Waals surface area (Å²) in [6, 6.07) is 41.2. The Bertz CT molecular complexity index is 2000. The van der Waals surface area contributed by atoms with Crippen LogP contribution in [-0.4, -0.2) is 50.0 Å². The average Bonchev–Trinajstić information content (AvgIpc) is 3.47. The van der Waals surface area contributed by atoms with E-state index in [0.29, 0.717) is 41.2 Å². The molecule has 3 N–H and O–H groups in total. The van der Waals surface area contributed by atoms with E-state index in [1.54, 1.807) is 12.1 Å². The van der Waals surface area contributed by atoms with E-state index >= 15 is 0 Å². The van der Waals surface area contributed by atoms with Crippen LogP contribution in [0.5, 0.6) is 5.75 Å². The van der Waals surface area contributed by atoms with Crippen molar-refractivity contribution in [3.8, 4) is 16.9 Å². The molecule has 5 aromatic carbocycles. The number of phenolic OH excluding ortho intramolecular Hbond substituents is 1. The number of rotatable bonds is 7. The van der Waals surface area contributed by atoms with E-state index in [1.165, 1.54) is 11.0 Å². The number of likely N-dealkylation sites (tertiary alicyclic amines) is 1. The summed E-state index contributed by atoms with van der Waals surface area (Å²) in [7, 11) is 0. The number of halogens is 1. The Morgan fingerprint density at radius 1 is 0.812 bits per heavy atom. The van der Waals surface area contributed by atoms with E-state index in [-0.39, 0.29) is 18.2 Å². The van der Waals surface area contributed by atoms with Gasteiger partial charge in [-0.15, -0.1) is 0 Å². The molecule has 2 heterocycles. The molecule has 0 aliphatic carbocycles. The molecule has 1 aromatic heterocycles. The average molecular weight is 657 g/mol. The van der Waals surface area contributed by atoms with Crippen molar-refractivity contribution >= 4 is 40.3 Å². The number of anilines is 1. The van der Waals surface area contributed by atoms with Gasteiger partial charge in [0.25, 0.3) is 0 Å². The Balaban J connectivity index is 1.48. The Hall–Kier alpha value is -5.60. The molecule has 0 bridgehead atoms. The number of hydrogen-bond acceptors (Lipinski definition) is 4. The number of hydrogen-bond donors (Lipinski definition) is 3. The van der Waals surface area contributed by atoms with Crippen molar-refractivity contribution in [3.63, 3.8) is 0 Å². The maximum absolute atomic E-state index is 13.9. The van der Waals surface area contributed by atoms with E-state index in [2.05, 4.69) is 41.7 Å². The fourth-order valence-electron chi connectivity index (χ4n) is 6.86. The normalized spacial score (nSPS) is 14.9. The van der Waals surface area contributed by atoms with E-state index in [4.69, 9.17) is 16.7 Å². The Labute approximate surface area is 282 Å². The van der Waals surface area contributed by atoms with Gasteiger partial charge in [-0.3, -0.25) is 4.79 Å². The van der Waals surface area contributed by atoms with Crippen molar-refractivity contribution in [2.45, 2.75) is 18.4 Å². The predicted molar refractivity (Wildman–Crippen MR) is 187 cm³/mol. The topological polar surface area (TPSA) is 108 Å². The highest BCUT2D eigenvalue weighted by atomic mass is 35.5. The number of carboxylic acid groups (broad SMARTS) is 1. The molecule has 1 aliphatic heterocycles. The lowest BCUT2D eigenvalue weighted by Crippen LogP contribution is -2.43. The molecule has 0 radical (unpaired) electrons. The zero-order valence-corrected chi connectivity index (χ0v) is 26.7. The standard InChI is InChI=1S/C39H33ClN4O4/c40-34-24-31(45)19-20-32(34)26-18-21-35-33(23-26)36(41-37(46)27-11-10-22-43(25-27)38(47)48)42-44(35)39(28-12-4-1-5-13-28,29-14-6-2-7-15-29)30-16-8-3-9-17-30/h1-9,12-21,23-24,27,45H,10-11,22,25H2,(H,47,48)(H,41,42,46)/t27-/m1/s1. The van der Waals surface area contributed by atoms with Crippen LogP contribution in [0.15, 0.2) is 127 Å². The largest absolute Gasteiger partial charge is 0.508 e. The number of aromatic hydroxyl groups is 1. The van der Waals surface area contributed by atoms with Gasteiger partial charge < -0.3 is 20.4 Å². The number of phenols is 1. The maximum atomic E-state index is 13.9. The first-order valence-corrected chi connectivity index (χ1v) is 16.2. The molecule has 9 heteroatoms. The van der Waals surface area contributed by atoms with Crippen LogP contribution in [0.1, 0.15) is 29.5 Å². The summed E-state index contributed by atoms with van der Waals surface area (Å²) in [6.45, 7) is 0.525. The number of carbonyl (C=O) groups is 2. The van der Waals surface area contributed by atoms with Crippen molar-refractivity contribution in [1.29, 1.82) is 0 Å². The summed E-state index contributed by atoms with van der Waals surface area (Å²) < 4.78 is 1.98. The van der Waals surface area contributed by atoms with Gasteiger partial charge >= 0.3 is 6.09 Å². The van der Waals surface area contributed by atoms with Gasteiger partial charge in [0, 0.05) is 24.0 Å². The molecule has 0 spiro atoms. The van der Waals surface area contributed by atoms with Crippen molar-refractivity contribution < 1.29 is 19.8 Å². The lowest BCUT2D eigenvalue weighted by molar-refractivity contribution is -0.121. The summed E-state index contributed by atoms with van der Waals surface area (Å²) in [5.41, 5.74) is 4.22. The van der Waals surface area contributed by atoms with Crippen LogP contribution in [0.25, 0.3) is 22.0 Å². The second-order valence-electron chi connectivity index (χ2n) is 12.0. The zero-order valence-electron chi connectivity index (χ0n) is 26.0. The SMILES string of the molecule is O=C(Nc1nn(C(c2ccccc2)(c2ccccc2)c2ccccc2)c2ccc(-c3ccc(O)cc3Cl)cc12)[C@@H]1CCCN(C(=O)O)C1. The number of benzene rings is 5. The summed E-state index contributed by atoms with van der Waals surface area (Å²) in [5.74, 6) is -0.393. The van der Waals surface area contributed by atoms with Gasteiger partial charge in [-0.25, -0.2) is 9.48 Å². The van der Waals surface area contributed by atoms with Gasteiger partial charge in [0.05, 0.1) is 16.5 Å². The van der Waals surface area contributed by atoms with E-state index < -0.39 is 17.6 Å². The van der Waals surface area contributed by atoms with Crippen LogP contribution in [0.4, 0.5) is 10.6 Å². The molecule has 8 nitrogen and oxygen atoms in total. The molecule has 0 unspecified atom stereocenters. The quantitative estimate of drug-likeness (QED) is 0.150. The highest BCUT2D eigenvalue weighted by molar-refractivity contribution is 6.33. The first kappa shape index (κ1) is 31.0. The van der Waals surface area contributed by atoms with E-state index in [0.717, 1.165) is 27.8 Å². The van der Waals surface area contributed by atoms with Crippen molar-refractivity contribution in [3.05, 3.63) is 149 Å². The van der Waals surface area contributed by atoms with Crippen LogP contribution >= 0.6 is 11.6 Å². The lowest BCUT2D eigenvalue weighted by atomic mass is 9.77. The Morgan fingerprint density at radius 3 is 1.98 bits per heavy atom. The van der Waals surface area contributed by atoms with Crippen LogP contribution in [0.2, 0.25) is 5.02 Å². The lowest BCUT2D eigenvalue weighted by Gasteiger charge is -2.37. The van der Waals surface area contributed by atoms with Crippen LogP contribution in [-0.2, 0) is 10.3 Å². The molecule has 240 valence electrons. The van der Waals surface area contributed by atoms with Gasteiger partial charge in [0.2, 0.25) is 5.91 Å². The molecule has 48 heavy (non-hydrogen) atoms. The highest BCUT2D eigenvalue weighted by Gasteiger charge is 2.41. The molecule has 6 aromatic rings. The molecule has 1 fully saturated rings. The minimum absolute atomic E-state index is 0.0619. The predicted octanol–water partition coefficient (Wildman–Crippen LogP) is 8.23. The van der Waals surface area contributed by atoms with Gasteiger partial charge in [-0.05, 0) is 65.4 Å². The minimum atomic E-state index is -1.03. The molecule has 1 saturated heterocycles. The third-order valence-electron chi connectivity index (χ3n) is 9.14. The number of nitrogens with one attached hydrogen (secondary N) is 1. The summed E-state index contributed by atoms with van der Waals surface area (Å²) in [4.78, 5) is 26.9. The molecular weight excluding hydrogens is 624 g/mol. The van der Waals surface area contributed by atoms with Crippen LogP contribution in [0.3, 0.4) is 0 Å². The first-order valence-electron chi connectivity index (χ1n) is 15.8. The fraction of sp³-hybridized carbons (Fsp3) is 0.154. The van der Waals surface area contributed by atoms with Gasteiger partial charge in [0.1, 0.15) is 11.3 Å². The fourth-order valence-corrected chi connectivity index (χ4v) is 7.14. The van der Waals surface area contributed by atoms with E-state index in [1.807, 2.05) is 77.5 Å². The maximum Gasteiger partial charge on any atom is 0.407 e. The molecule has 1 aliphatic rings. The number of fused-ring (bicyclic) bond motifs is 1. The monoisotopic (exact) mass is 656 g/mol. The molecule has 1 atom stereocenters. The zero-order chi connectivity index (χ0) is 33.3. The summed E-state index contributed by atoms with van der Waals surface area (Å²) in [6.07, 6.45) is 0.142. The first-order chi connectivity index (χ1) is 23.4. The van der Waals surface area contributed by atoms with Gasteiger partial charge in [-0.1, -0.05) is 109 Å². The molecule has 2 amide bonds. The Kier molecular flexibility index (Phi) is 8.33. The number of amides is 2. The molecule has 7 rings (SSSR count). The van der Waals surface area contributed by atoms with Crippen LogP contribution in [0, 0.1) is 5.92 Å². The third kappa shape index (κ3) is 5.54. The Morgan fingerprint density at radius 2 is 1.42 bits per heavy atom. The summed E-state index contributed by atoms with van der Waals surface area (Å²) in [5, 5.41) is 29.0. The van der Waals surface area contributed by atoms with Crippen molar-refractivity contribution in [2.75, 3.05) is 18.4 Å². The second-order valence-corrected chi connectivity index (χ2v) is 12.4. The number of piperidine rings is 1. The van der Waals surface area contributed by atoms with E-state index in [9.17, 15) is 19.8 Å². The summed E-state index contributed by atoms with van der Waals surface area (Å²) >= 11 is 6.59. The van der Waals surface area contributed by atoms with Crippen molar-refractivity contribution in [1.82, 2.24) is 14.7 Å². The number of nitrogens with zero attached hydrogens (tertiary/aromatic N) is 3. The minimum Gasteiger partial charge on any atom is -0.508 e. The second kappa shape index (κ2) is 12.9. The molecular formula is C39H33ClN4O4. The number of aromatic nitrogens is 2. The number of carbonyl (C=O) groups excluding carboxylic acids is 1. The highest BCUT2D eigenvalue weighted by Crippen LogP contribution is 2.44. The molecule has 0 saturated carbocycles. The van der Waals surface area contributed by atoms with Gasteiger partial charge in [-0.2, -0.15) is 5.10 Å². The smallest absolute Gasteiger partial charge is 0.407 e. The van der Waals surface area contributed by atoms with Crippen LogP contribution < -0.4 is 5.32 Å². The van der Waals surface area contributed by atoms with Gasteiger partial charge in [0.15, 0.2) is 5.82 Å². The third-order valence-corrected chi connectivity index (χ3v) is 9.45. The van der Waals surface area contributed by atoms with Crippen molar-refractivity contribution in [2.24, 2.45) is 5.92 Å².